The van der Waals surface area contributed by atoms with Crippen LogP contribution in [0.15, 0.2) is 24.3 Å². The lowest BCUT2D eigenvalue weighted by atomic mass is 10.1. The van der Waals surface area contributed by atoms with Crippen LogP contribution in [0, 0.1) is 0 Å². The van der Waals surface area contributed by atoms with Crippen LogP contribution in [-0.2, 0) is 14.2 Å². The van der Waals surface area contributed by atoms with Crippen LogP contribution in [0.5, 0.6) is 0 Å². The smallest absolute Gasteiger partial charge is 0.104 e. The second kappa shape index (κ2) is 41.5. The Morgan fingerprint density at radius 3 is 0.957 bits per heavy atom. The summed E-state index contributed by atoms with van der Waals surface area (Å²) in [4.78, 5) is 0. The summed E-state index contributed by atoms with van der Waals surface area (Å²) >= 11 is 0. The first-order chi connectivity index (χ1) is 23.3. The Bertz CT molecular complexity index is 570. The number of aliphatic hydroxyl groups excluding tert-OH is 2. The van der Waals surface area contributed by atoms with E-state index in [0.29, 0.717) is 26.4 Å². The van der Waals surface area contributed by atoms with E-state index in [0.717, 1.165) is 12.8 Å². The zero-order valence-corrected chi connectivity index (χ0v) is 31.6. The van der Waals surface area contributed by atoms with Gasteiger partial charge in [0, 0.05) is 13.2 Å². The average Bonchev–Trinajstić information content (AvgIpc) is 3.09. The molecule has 0 saturated heterocycles. The third-order valence-electron chi connectivity index (χ3n) is 9.00. The molecule has 0 bridgehead atoms. The molecule has 0 radical (unpaired) electrons. The number of aliphatic hydroxyl groups is 2. The Balaban J connectivity index is 3.53. The lowest BCUT2D eigenvalue weighted by Gasteiger charge is -2.22. The fraction of sp³-hybridized carbons (Fsp3) is 0.905. The van der Waals surface area contributed by atoms with E-state index in [1.54, 1.807) is 0 Å². The molecule has 280 valence electrons. The normalized spacial score (nSPS) is 13.4. The number of hydrogen-bond acceptors (Lipinski definition) is 5. The van der Waals surface area contributed by atoms with Crippen LogP contribution in [-0.4, -0.2) is 62.1 Å². The standard InChI is InChI=1S/C42H82O5/c1-3-5-7-9-11-13-15-17-19-21-23-25-27-29-31-33-35-45-39-41(37-43)47-42(38-44)40-46-36-34-32-30-28-26-24-22-20-18-16-14-12-10-8-6-4-2/h17-20,41-44H,3-16,21-40H2,1-2H3/b19-17-,20-18-. The van der Waals surface area contributed by atoms with E-state index >= 15 is 0 Å². The summed E-state index contributed by atoms with van der Waals surface area (Å²) < 4.78 is 17.4. The molecule has 0 fully saturated rings. The molecule has 2 unspecified atom stereocenters. The van der Waals surface area contributed by atoms with Crippen molar-refractivity contribution in [2.45, 2.75) is 206 Å². The highest BCUT2D eigenvalue weighted by molar-refractivity contribution is 4.82. The number of allylic oxidation sites excluding steroid dienone is 4. The van der Waals surface area contributed by atoms with E-state index < -0.39 is 12.2 Å². The van der Waals surface area contributed by atoms with Crippen molar-refractivity contribution in [3.63, 3.8) is 0 Å². The van der Waals surface area contributed by atoms with E-state index in [-0.39, 0.29) is 13.2 Å². The Morgan fingerprint density at radius 1 is 0.383 bits per heavy atom. The summed E-state index contributed by atoms with van der Waals surface area (Å²) in [6, 6.07) is 0. The van der Waals surface area contributed by atoms with Gasteiger partial charge < -0.3 is 24.4 Å². The van der Waals surface area contributed by atoms with E-state index in [2.05, 4.69) is 38.2 Å². The quantitative estimate of drug-likeness (QED) is 0.0503. The predicted molar refractivity (Wildman–Crippen MR) is 203 cm³/mol. The second-order valence-corrected chi connectivity index (χ2v) is 13.8. The van der Waals surface area contributed by atoms with E-state index in [1.807, 2.05) is 0 Å². The molecule has 47 heavy (non-hydrogen) atoms. The first-order valence-electron chi connectivity index (χ1n) is 20.6. The average molecular weight is 667 g/mol. The molecule has 0 aliphatic heterocycles. The number of hydrogen-bond donors (Lipinski definition) is 2. The molecule has 0 aliphatic carbocycles. The Kier molecular flexibility index (Phi) is 40.8. The monoisotopic (exact) mass is 667 g/mol. The molecule has 0 saturated carbocycles. The van der Waals surface area contributed by atoms with Crippen LogP contribution in [0.4, 0.5) is 0 Å². The zero-order chi connectivity index (χ0) is 34.1. The largest absolute Gasteiger partial charge is 0.394 e. The number of ether oxygens (including phenoxy) is 3. The van der Waals surface area contributed by atoms with Crippen LogP contribution < -0.4 is 0 Å². The van der Waals surface area contributed by atoms with Crippen molar-refractivity contribution in [1.82, 2.24) is 0 Å². The SMILES string of the molecule is CCCCCCCC/C=C\CCCCCCCCOCC(CO)OC(CO)COCCCCCCCC/C=C\CCCCCCCC. The molecule has 5 heteroatoms. The highest BCUT2D eigenvalue weighted by atomic mass is 16.6. The molecule has 0 spiro atoms. The van der Waals surface area contributed by atoms with Gasteiger partial charge in [-0.15, -0.1) is 0 Å². The molecular weight excluding hydrogens is 584 g/mol. The van der Waals surface area contributed by atoms with Gasteiger partial charge in [0.25, 0.3) is 0 Å². The van der Waals surface area contributed by atoms with Crippen molar-refractivity contribution in [3.8, 4) is 0 Å². The van der Waals surface area contributed by atoms with Crippen molar-refractivity contribution in [2.75, 3.05) is 39.6 Å². The van der Waals surface area contributed by atoms with Gasteiger partial charge in [-0.2, -0.15) is 0 Å². The highest BCUT2D eigenvalue weighted by Gasteiger charge is 2.16. The fourth-order valence-corrected chi connectivity index (χ4v) is 5.88. The topological polar surface area (TPSA) is 68.2 Å². The third kappa shape index (κ3) is 37.9. The maximum absolute atomic E-state index is 9.71. The van der Waals surface area contributed by atoms with Crippen LogP contribution in [0.1, 0.15) is 194 Å². The van der Waals surface area contributed by atoms with Crippen LogP contribution >= 0.6 is 0 Å². The molecule has 0 heterocycles. The molecule has 2 atom stereocenters. The van der Waals surface area contributed by atoms with Gasteiger partial charge in [0.05, 0.1) is 26.4 Å². The van der Waals surface area contributed by atoms with Gasteiger partial charge in [0.2, 0.25) is 0 Å². The van der Waals surface area contributed by atoms with Crippen molar-refractivity contribution >= 4 is 0 Å². The summed E-state index contributed by atoms with van der Waals surface area (Å²) in [5.41, 5.74) is 0. The Morgan fingerprint density at radius 2 is 0.660 bits per heavy atom. The van der Waals surface area contributed by atoms with Gasteiger partial charge in [0.15, 0.2) is 0 Å². The summed E-state index contributed by atoms with van der Waals surface area (Å²) in [6.07, 6.45) is 44.9. The molecular formula is C42H82O5. The van der Waals surface area contributed by atoms with Crippen LogP contribution in [0.3, 0.4) is 0 Å². The van der Waals surface area contributed by atoms with Crippen molar-refractivity contribution < 1.29 is 24.4 Å². The zero-order valence-electron chi connectivity index (χ0n) is 31.6. The first kappa shape index (κ1) is 46.3. The van der Waals surface area contributed by atoms with Crippen LogP contribution in [0.2, 0.25) is 0 Å². The molecule has 0 amide bonds. The number of rotatable bonds is 40. The Labute approximate surface area is 293 Å². The van der Waals surface area contributed by atoms with Crippen LogP contribution in [0.25, 0.3) is 0 Å². The maximum atomic E-state index is 9.71. The van der Waals surface area contributed by atoms with E-state index in [4.69, 9.17) is 14.2 Å². The van der Waals surface area contributed by atoms with Gasteiger partial charge in [-0.3, -0.25) is 0 Å². The van der Waals surface area contributed by atoms with Crippen molar-refractivity contribution in [3.05, 3.63) is 24.3 Å². The van der Waals surface area contributed by atoms with Gasteiger partial charge in [-0.05, 0) is 64.2 Å². The molecule has 0 aromatic heterocycles. The van der Waals surface area contributed by atoms with E-state index in [1.165, 1.54) is 167 Å². The summed E-state index contributed by atoms with van der Waals surface area (Å²) in [5, 5.41) is 19.4. The second-order valence-electron chi connectivity index (χ2n) is 13.8. The van der Waals surface area contributed by atoms with Gasteiger partial charge in [-0.1, -0.05) is 154 Å². The van der Waals surface area contributed by atoms with Gasteiger partial charge in [-0.25, -0.2) is 0 Å². The summed E-state index contributed by atoms with van der Waals surface area (Å²) in [7, 11) is 0. The molecule has 5 nitrogen and oxygen atoms in total. The molecule has 0 aromatic carbocycles. The summed E-state index contributed by atoms with van der Waals surface area (Å²) in [6.45, 7) is 6.42. The predicted octanol–water partition coefficient (Wildman–Crippen LogP) is 11.8. The minimum atomic E-state index is -0.421. The van der Waals surface area contributed by atoms with Crippen molar-refractivity contribution in [2.24, 2.45) is 0 Å². The van der Waals surface area contributed by atoms with Gasteiger partial charge >= 0.3 is 0 Å². The summed E-state index contributed by atoms with van der Waals surface area (Å²) in [5.74, 6) is 0. The fourth-order valence-electron chi connectivity index (χ4n) is 5.88. The van der Waals surface area contributed by atoms with Crippen molar-refractivity contribution in [1.29, 1.82) is 0 Å². The lowest BCUT2D eigenvalue weighted by molar-refractivity contribution is -0.115. The van der Waals surface area contributed by atoms with Gasteiger partial charge in [0.1, 0.15) is 12.2 Å². The molecule has 2 N–H and O–H groups in total. The highest BCUT2D eigenvalue weighted by Crippen LogP contribution is 2.12. The third-order valence-corrected chi connectivity index (χ3v) is 9.00. The molecule has 0 aliphatic rings. The van der Waals surface area contributed by atoms with E-state index in [9.17, 15) is 10.2 Å². The Hall–Kier alpha value is -0.720. The lowest BCUT2D eigenvalue weighted by Crippen LogP contribution is -2.34. The molecule has 0 aromatic rings. The molecule has 0 rings (SSSR count). The number of unbranched alkanes of at least 4 members (excludes halogenated alkanes) is 24. The maximum Gasteiger partial charge on any atom is 0.104 e. The minimum absolute atomic E-state index is 0.112. The minimum Gasteiger partial charge on any atom is -0.394 e. The first-order valence-corrected chi connectivity index (χ1v) is 20.6.